The number of hydrogen-bond donors (Lipinski definition) is 1. The molecule has 1 aliphatic rings. The lowest BCUT2D eigenvalue weighted by Crippen LogP contribution is -2.49. The molecule has 0 spiro atoms. The normalized spacial score (nSPS) is 15.4. The first-order chi connectivity index (χ1) is 15.5. The zero-order valence-corrected chi connectivity index (χ0v) is 18.9. The smallest absolute Gasteiger partial charge is 0.237 e. The number of aromatic nitrogens is 2. The number of amides is 1. The van der Waals surface area contributed by atoms with Crippen molar-refractivity contribution in [3.8, 4) is 0 Å². The summed E-state index contributed by atoms with van der Waals surface area (Å²) < 4.78 is 1.18. The summed E-state index contributed by atoms with van der Waals surface area (Å²) in [7, 11) is 0. The highest BCUT2D eigenvalue weighted by Gasteiger charge is 2.23. The van der Waals surface area contributed by atoms with Crippen LogP contribution in [-0.2, 0) is 11.3 Å². The first kappa shape index (κ1) is 20.9. The number of anilines is 1. The molecule has 0 aliphatic carbocycles. The summed E-state index contributed by atoms with van der Waals surface area (Å²) in [5, 5.41) is 2.79. The average Bonchev–Trinajstić information content (AvgIpc) is 3.17. The summed E-state index contributed by atoms with van der Waals surface area (Å²) in [6, 6.07) is 14.0. The van der Waals surface area contributed by atoms with Gasteiger partial charge in [0.2, 0.25) is 5.91 Å². The maximum absolute atomic E-state index is 12.7. The summed E-state index contributed by atoms with van der Waals surface area (Å²) in [5.41, 5.74) is 7.74. The van der Waals surface area contributed by atoms with Crippen LogP contribution in [0.4, 0.5) is 5.82 Å². The van der Waals surface area contributed by atoms with Gasteiger partial charge in [0.25, 0.3) is 0 Å². The molecule has 4 aromatic rings. The predicted molar refractivity (Wildman–Crippen MR) is 132 cm³/mol. The van der Waals surface area contributed by atoms with Crippen LogP contribution in [0.2, 0.25) is 5.02 Å². The van der Waals surface area contributed by atoms with Crippen LogP contribution in [0.3, 0.4) is 0 Å². The zero-order chi connectivity index (χ0) is 22.1. The molecular weight excluding hydrogens is 442 g/mol. The Morgan fingerprint density at radius 1 is 1.12 bits per heavy atom. The van der Waals surface area contributed by atoms with Gasteiger partial charge in [-0.05, 0) is 47.4 Å². The van der Waals surface area contributed by atoms with Crippen molar-refractivity contribution in [3.63, 3.8) is 0 Å². The van der Waals surface area contributed by atoms with Crippen LogP contribution in [0, 0.1) is 0 Å². The van der Waals surface area contributed by atoms with Crippen LogP contribution in [0.5, 0.6) is 0 Å². The third-order valence-corrected chi connectivity index (χ3v) is 6.95. The van der Waals surface area contributed by atoms with E-state index in [0.29, 0.717) is 25.5 Å². The molecular formula is C24H22ClN5OS. The van der Waals surface area contributed by atoms with Gasteiger partial charge in [-0.25, -0.2) is 9.97 Å². The van der Waals surface area contributed by atoms with Crippen molar-refractivity contribution in [2.45, 2.75) is 6.54 Å². The third-order valence-electron chi connectivity index (χ3n) is 5.65. The number of nitrogen functional groups attached to an aromatic ring is 1. The van der Waals surface area contributed by atoms with Crippen molar-refractivity contribution < 1.29 is 4.79 Å². The zero-order valence-electron chi connectivity index (χ0n) is 17.4. The maximum Gasteiger partial charge on any atom is 0.237 e. The third kappa shape index (κ3) is 4.46. The summed E-state index contributed by atoms with van der Waals surface area (Å²) in [4.78, 5) is 26.3. The van der Waals surface area contributed by atoms with Gasteiger partial charge in [-0.3, -0.25) is 9.69 Å². The molecule has 1 amide bonds. The SMILES string of the molecule is Nc1ncnc2cc(CN3CCN(CC=Cc4cc5ccc(Cl)cc5s4)CC3=O)ccc12. The van der Waals surface area contributed by atoms with Crippen LogP contribution in [-0.4, -0.2) is 51.9 Å². The monoisotopic (exact) mass is 463 g/mol. The Morgan fingerprint density at radius 3 is 2.91 bits per heavy atom. The number of fused-ring (bicyclic) bond motifs is 2. The molecule has 32 heavy (non-hydrogen) atoms. The fourth-order valence-corrected chi connectivity index (χ4v) is 5.22. The second-order valence-electron chi connectivity index (χ2n) is 7.89. The molecule has 2 N–H and O–H groups in total. The molecule has 8 heteroatoms. The molecule has 1 saturated heterocycles. The topological polar surface area (TPSA) is 75.3 Å². The summed E-state index contributed by atoms with van der Waals surface area (Å²) in [5.74, 6) is 0.613. The number of rotatable bonds is 5. The number of nitrogens with zero attached hydrogens (tertiary/aromatic N) is 4. The van der Waals surface area contributed by atoms with E-state index in [1.165, 1.54) is 21.3 Å². The van der Waals surface area contributed by atoms with Gasteiger partial charge in [0, 0.05) is 46.2 Å². The van der Waals surface area contributed by atoms with E-state index in [9.17, 15) is 4.79 Å². The van der Waals surface area contributed by atoms with Crippen LogP contribution < -0.4 is 5.73 Å². The lowest BCUT2D eigenvalue weighted by atomic mass is 10.1. The van der Waals surface area contributed by atoms with Gasteiger partial charge in [-0.2, -0.15) is 0 Å². The van der Waals surface area contributed by atoms with E-state index < -0.39 is 0 Å². The van der Waals surface area contributed by atoms with Crippen molar-refractivity contribution in [2.24, 2.45) is 0 Å². The fourth-order valence-electron chi connectivity index (χ4n) is 3.95. The molecule has 3 heterocycles. The second kappa shape index (κ2) is 8.86. The van der Waals surface area contributed by atoms with Crippen LogP contribution in [0.15, 0.2) is 54.9 Å². The standard InChI is InChI=1S/C24H22ClN5OS/c25-18-5-4-17-11-19(32-22(17)12-18)2-1-7-29-8-9-30(23(31)14-29)13-16-3-6-20-21(10-16)27-15-28-24(20)26/h1-6,10-12,15H,7-9,13-14H2,(H2,26,27,28). The van der Waals surface area contributed by atoms with Crippen molar-refractivity contribution in [1.29, 1.82) is 0 Å². The van der Waals surface area contributed by atoms with Crippen LogP contribution in [0.25, 0.3) is 27.1 Å². The highest BCUT2D eigenvalue weighted by Crippen LogP contribution is 2.29. The number of nitrogens with two attached hydrogens (primary N) is 1. The predicted octanol–water partition coefficient (Wildman–Crippen LogP) is 4.44. The number of carbonyl (C=O) groups is 1. The molecule has 0 bridgehead atoms. The number of piperazine rings is 1. The second-order valence-corrected chi connectivity index (χ2v) is 9.45. The molecule has 2 aromatic carbocycles. The summed E-state index contributed by atoms with van der Waals surface area (Å²) in [6.45, 7) is 3.31. The van der Waals surface area contributed by atoms with E-state index in [0.717, 1.165) is 34.6 Å². The van der Waals surface area contributed by atoms with Gasteiger partial charge in [0.15, 0.2) is 0 Å². The Bertz CT molecular complexity index is 1330. The molecule has 2 aromatic heterocycles. The van der Waals surface area contributed by atoms with Gasteiger partial charge in [-0.1, -0.05) is 29.8 Å². The summed E-state index contributed by atoms with van der Waals surface area (Å²) >= 11 is 7.80. The first-order valence-electron chi connectivity index (χ1n) is 10.4. The first-order valence-corrected chi connectivity index (χ1v) is 11.6. The highest BCUT2D eigenvalue weighted by molar-refractivity contribution is 7.19. The Hall–Kier alpha value is -3.00. The average molecular weight is 464 g/mol. The Kier molecular flexibility index (Phi) is 5.78. The molecule has 5 rings (SSSR count). The minimum Gasteiger partial charge on any atom is -0.383 e. The number of halogens is 1. The highest BCUT2D eigenvalue weighted by atomic mass is 35.5. The molecule has 0 atom stereocenters. The lowest BCUT2D eigenvalue weighted by molar-refractivity contribution is -0.136. The molecule has 0 unspecified atom stereocenters. The van der Waals surface area contributed by atoms with Crippen molar-refractivity contribution in [2.75, 3.05) is 31.9 Å². The van der Waals surface area contributed by atoms with Gasteiger partial charge in [-0.15, -0.1) is 11.3 Å². The number of benzene rings is 2. The van der Waals surface area contributed by atoms with E-state index >= 15 is 0 Å². The quantitative estimate of drug-likeness (QED) is 0.473. The van der Waals surface area contributed by atoms with E-state index in [4.69, 9.17) is 17.3 Å². The molecule has 162 valence electrons. The van der Waals surface area contributed by atoms with Crippen molar-refractivity contribution in [3.05, 3.63) is 70.3 Å². The minimum absolute atomic E-state index is 0.142. The van der Waals surface area contributed by atoms with Gasteiger partial charge >= 0.3 is 0 Å². The molecule has 0 saturated carbocycles. The van der Waals surface area contributed by atoms with Crippen molar-refractivity contribution >= 4 is 61.7 Å². The molecule has 1 aliphatic heterocycles. The Balaban J connectivity index is 1.18. The van der Waals surface area contributed by atoms with Gasteiger partial charge < -0.3 is 10.6 Å². The Labute approximate surface area is 194 Å². The number of thiophene rings is 1. The van der Waals surface area contributed by atoms with Crippen LogP contribution in [0.1, 0.15) is 10.4 Å². The van der Waals surface area contributed by atoms with Gasteiger partial charge in [0.1, 0.15) is 12.1 Å². The molecule has 0 radical (unpaired) electrons. The van der Waals surface area contributed by atoms with E-state index in [-0.39, 0.29) is 5.91 Å². The summed E-state index contributed by atoms with van der Waals surface area (Å²) in [6.07, 6.45) is 5.72. The maximum atomic E-state index is 12.7. The van der Waals surface area contributed by atoms with E-state index in [1.54, 1.807) is 11.3 Å². The molecule has 6 nitrogen and oxygen atoms in total. The van der Waals surface area contributed by atoms with Crippen molar-refractivity contribution in [1.82, 2.24) is 19.8 Å². The number of carbonyl (C=O) groups excluding carboxylic acids is 1. The van der Waals surface area contributed by atoms with Gasteiger partial charge in [0.05, 0.1) is 12.1 Å². The Morgan fingerprint density at radius 2 is 2.03 bits per heavy atom. The minimum atomic E-state index is 0.142. The molecule has 1 fully saturated rings. The van der Waals surface area contributed by atoms with Crippen LogP contribution >= 0.6 is 22.9 Å². The number of hydrogen-bond acceptors (Lipinski definition) is 6. The largest absolute Gasteiger partial charge is 0.383 e. The fraction of sp³-hybridized carbons (Fsp3) is 0.208. The van der Waals surface area contributed by atoms with E-state index in [1.807, 2.05) is 41.3 Å². The van der Waals surface area contributed by atoms with E-state index in [2.05, 4.69) is 33.1 Å². The lowest BCUT2D eigenvalue weighted by Gasteiger charge is -2.33.